The molecule has 0 spiro atoms. The van der Waals surface area contributed by atoms with E-state index in [1.165, 1.54) is 19.2 Å². The van der Waals surface area contributed by atoms with E-state index in [2.05, 4.69) is 4.74 Å². The monoisotopic (exact) mass is 296 g/mol. The van der Waals surface area contributed by atoms with Crippen LogP contribution >= 0.6 is 0 Å². The highest BCUT2D eigenvalue weighted by molar-refractivity contribution is 5.70. The molecule has 0 aliphatic rings. The number of aryl methyl sites for hydroxylation is 1. The number of carbonyl (C=O) groups excluding carboxylic acids is 1. The molecule has 7 heteroatoms. The summed E-state index contributed by atoms with van der Waals surface area (Å²) in [6, 6.07) is 4.86. The summed E-state index contributed by atoms with van der Waals surface area (Å²) < 4.78 is 9.66. The molecule has 0 saturated heterocycles. The first-order valence-electron chi connectivity index (χ1n) is 6.54. The molecule has 0 amide bonds. The van der Waals surface area contributed by atoms with E-state index in [1.54, 1.807) is 14.0 Å². The fourth-order valence-corrected chi connectivity index (χ4v) is 1.93. The van der Waals surface area contributed by atoms with E-state index in [9.17, 15) is 14.9 Å². The van der Waals surface area contributed by atoms with Gasteiger partial charge in [-0.3, -0.25) is 14.9 Å². The van der Waals surface area contributed by atoms with Crippen LogP contribution in [-0.2, 0) is 14.3 Å². The zero-order chi connectivity index (χ0) is 15.8. The van der Waals surface area contributed by atoms with Crippen LogP contribution in [0.25, 0.3) is 0 Å². The van der Waals surface area contributed by atoms with Gasteiger partial charge in [-0.05, 0) is 18.6 Å². The van der Waals surface area contributed by atoms with Crippen molar-refractivity contribution >= 4 is 17.3 Å². The lowest BCUT2D eigenvalue weighted by molar-refractivity contribution is -0.384. The SMILES string of the molecule is COCCN(CCC(=O)OC)c1cc(C)cc([N+](=O)[O-])c1. The van der Waals surface area contributed by atoms with Gasteiger partial charge >= 0.3 is 5.97 Å². The smallest absolute Gasteiger partial charge is 0.307 e. The van der Waals surface area contributed by atoms with Gasteiger partial charge in [0, 0.05) is 38.0 Å². The molecule has 0 aliphatic heterocycles. The molecule has 21 heavy (non-hydrogen) atoms. The molecule has 0 fully saturated rings. The second kappa shape index (κ2) is 8.21. The number of hydrogen-bond donors (Lipinski definition) is 0. The molecule has 0 aromatic heterocycles. The zero-order valence-electron chi connectivity index (χ0n) is 12.5. The van der Waals surface area contributed by atoms with E-state index in [4.69, 9.17) is 4.74 Å². The zero-order valence-corrected chi connectivity index (χ0v) is 12.5. The molecule has 116 valence electrons. The predicted octanol–water partition coefficient (Wildman–Crippen LogP) is 1.92. The molecule has 1 rings (SSSR count). The van der Waals surface area contributed by atoms with Gasteiger partial charge in [0.2, 0.25) is 0 Å². The number of nitro benzene ring substituents is 1. The van der Waals surface area contributed by atoms with E-state index < -0.39 is 4.92 Å². The number of non-ortho nitro benzene ring substituents is 1. The second-order valence-corrected chi connectivity index (χ2v) is 4.59. The molecular formula is C14H20N2O5. The molecule has 0 unspecified atom stereocenters. The number of methoxy groups -OCH3 is 2. The van der Waals surface area contributed by atoms with Crippen LogP contribution < -0.4 is 4.90 Å². The van der Waals surface area contributed by atoms with Crippen LogP contribution in [0.3, 0.4) is 0 Å². The van der Waals surface area contributed by atoms with Gasteiger partial charge in [-0.15, -0.1) is 0 Å². The maximum atomic E-state index is 11.3. The number of ether oxygens (including phenoxy) is 2. The number of carbonyl (C=O) groups is 1. The van der Waals surface area contributed by atoms with Crippen molar-refractivity contribution in [1.82, 2.24) is 0 Å². The molecule has 7 nitrogen and oxygen atoms in total. The number of nitro groups is 1. The molecular weight excluding hydrogens is 276 g/mol. The maximum absolute atomic E-state index is 11.3. The molecule has 0 heterocycles. The third kappa shape index (κ3) is 5.39. The Hall–Kier alpha value is -2.15. The van der Waals surface area contributed by atoms with E-state index in [0.29, 0.717) is 25.4 Å². The quantitative estimate of drug-likeness (QED) is 0.414. The van der Waals surface area contributed by atoms with E-state index in [0.717, 1.165) is 5.56 Å². The number of anilines is 1. The van der Waals surface area contributed by atoms with E-state index in [1.807, 2.05) is 11.0 Å². The van der Waals surface area contributed by atoms with Gasteiger partial charge < -0.3 is 14.4 Å². The molecule has 1 aromatic rings. The Kier molecular flexibility index (Phi) is 6.61. The summed E-state index contributed by atoms with van der Waals surface area (Å²) in [5.41, 5.74) is 1.52. The lowest BCUT2D eigenvalue weighted by Gasteiger charge is -2.24. The molecule has 0 atom stereocenters. The van der Waals surface area contributed by atoms with Gasteiger partial charge in [0.1, 0.15) is 0 Å². The first-order chi connectivity index (χ1) is 9.97. The van der Waals surface area contributed by atoms with E-state index in [-0.39, 0.29) is 18.1 Å². The molecule has 0 aliphatic carbocycles. The van der Waals surface area contributed by atoms with Crippen molar-refractivity contribution in [1.29, 1.82) is 0 Å². The van der Waals surface area contributed by atoms with Gasteiger partial charge in [0.25, 0.3) is 5.69 Å². The Labute approximate surface area is 123 Å². The highest BCUT2D eigenvalue weighted by atomic mass is 16.6. The molecule has 1 aromatic carbocycles. The minimum absolute atomic E-state index is 0.0329. The highest BCUT2D eigenvalue weighted by Gasteiger charge is 2.14. The van der Waals surface area contributed by atoms with Crippen LogP contribution in [0.15, 0.2) is 18.2 Å². The van der Waals surface area contributed by atoms with Gasteiger partial charge in [-0.2, -0.15) is 0 Å². The van der Waals surface area contributed by atoms with Crippen LogP contribution in [0.4, 0.5) is 11.4 Å². The van der Waals surface area contributed by atoms with Crippen molar-refractivity contribution in [3.05, 3.63) is 33.9 Å². The third-order valence-electron chi connectivity index (χ3n) is 3.00. The van der Waals surface area contributed by atoms with Crippen molar-refractivity contribution in [2.75, 3.05) is 38.8 Å². The molecule has 0 saturated carbocycles. The maximum Gasteiger partial charge on any atom is 0.307 e. The van der Waals surface area contributed by atoms with Gasteiger partial charge in [-0.1, -0.05) is 0 Å². The second-order valence-electron chi connectivity index (χ2n) is 4.59. The standard InChI is InChI=1S/C14H20N2O5/c1-11-8-12(10-13(9-11)16(18)19)15(6-7-20-2)5-4-14(17)21-3/h8-10H,4-7H2,1-3H3. The minimum atomic E-state index is -0.425. The van der Waals surface area contributed by atoms with Crippen LogP contribution in [0.1, 0.15) is 12.0 Å². The van der Waals surface area contributed by atoms with Crippen molar-refractivity contribution in [2.24, 2.45) is 0 Å². The number of rotatable bonds is 8. The molecule has 0 radical (unpaired) electrons. The highest BCUT2D eigenvalue weighted by Crippen LogP contribution is 2.24. The normalized spacial score (nSPS) is 10.2. The summed E-state index contributed by atoms with van der Waals surface area (Å²) >= 11 is 0. The van der Waals surface area contributed by atoms with Crippen molar-refractivity contribution in [3.63, 3.8) is 0 Å². The Bertz CT molecular complexity index is 504. The summed E-state index contributed by atoms with van der Waals surface area (Å²) in [4.78, 5) is 23.7. The van der Waals surface area contributed by atoms with Gasteiger partial charge in [-0.25, -0.2) is 0 Å². The fourth-order valence-electron chi connectivity index (χ4n) is 1.93. The van der Waals surface area contributed by atoms with Crippen LogP contribution in [-0.4, -0.2) is 44.8 Å². The Morgan fingerprint density at radius 1 is 1.29 bits per heavy atom. The average molecular weight is 296 g/mol. The molecule has 0 N–H and O–H groups in total. The Morgan fingerprint density at radius 2 is 2.00 bits per heavy atom. The first kappa shape index (κ1) is 16.9. The van der Waals surface area contributed by atoms with Crippen molar-refractivity contribution in [2.45, 2.75) is 13.3 Å². The number of nitrogens with zero attached hydrogens (tertiary/aromatic N) is 2. The summed E-state index contributed by atoms with van der Waals surface area (Å²) in [7, 11) is 2.91. The lowest BCUT2D eigenvalue weighted by Crippen LogP contribution is -2.30. The Morgan fingerprint density at radius 3 is 2.57 bits per heavy atom. The summed E-state index contributed by atoms with van der Waals surface area (Å²) in [5, 5.41) is 10.9. The first-order valence-corrected chi connectivity index (χ1v) is 6.54. The summed E-state index contributed by atoms with van der Waals surface area (Å²) in [5.74, 6) is -0.320. The largest absolute Gasteiger partial charge is 0.469 e. The topological polar surface area (TPSA) is 81.9 Å². The van der Waals surface area contributed by atoms with Crippen molar-refractivity contribution in [3.8, 4) is 0 Å². The molecule has 0 bridgehead atoms. The number of hydrogen-bond acceptors (Lipinski definition) is 6. The minimum Gasteiger partial charge on any atom is -0.469 e. The lowest BCUT2D eigenvalue weighted by atomic mass is 10.1. The van der Waals surface area contributed by atoms with Crippen LogP contribution in [0, 0.1) is 17.0 Å². The number of benzene rings is 1. The van der Waals surface area contributed by atoms with Crippen LogP contribution in [0.5, 0.6) is 0 Å². The van der Waals surface area contributed by atoms with Crippen molar-refractivity contribution < 1.29 is 19.2 Å². The van der Waals surface area contributed by atoms with Crippen LogP contribution in [0.2, 0.25) is 0 Å². The summed E-state index contributed by atoms with van der Waals surface area (Å²) in [6.45, 7) is 3.21. The fraction of sp³-hybridized carbons (Fsp3) is 0.500. The third-order valence-corrected chi connectivity index (χ3v) is 3.00. The van der Waals surface area contributed by atoms with Gasteiger partial charge in [0.05, 0.1) is 25.1 Å². The number of esters is 1. The average Bonchev–Trinajstić information content (AvgIpc) is 2.46. The Balaban J connectivity index is 2.95. The predicted molar refractivity (Wildman–Crippen MR) is 78.6 cm³/mol. The summed E-state index contributed by atoms with van der Waals surface area (Å²) in [6.07, 6.45) is 0.210. The van der Waals surface area contributed by atoms with Gasteiger partial charge in [0.15, 0.2) is 0 Å². The van der Waals surface area contributed by atoms with E-state index >= 15 is 0 Å².